The van der Waals surface area contributed by atoms with Crippen LogP contribution in [0.1, 0.15) is 31.6 Å². The number of rotatable bonds is 15. The SMILES string of the molecule is CCN(CC)C(=O)C=Cc1cc2c(S(=O)(=O)NCCc3ccc(OC)c(OC)c3)ccc(OCCCCl)c2o1. The van der Waals surface area contributed by atoms with Gasteiger partial charge in [-0.2, -0.15) is 0 Å². The number of halogens is 1. The van der Waals surface area contributed by atoms with Crippen LogP contribution in [0.4, 0.5) is 0 Å². The standard InChI is InChI=1S/C28H35ClN2O7S/c1-5-31(6-2)27(32)13-9-21-19-22-26(12-11-24(28(22)38-21)37-17-7-15-29)39(33,34)30-16-14-20-8-10-23(35-3)25(18-20)36-4/h8-13,18-19,30H,5-7,14-17H2,1-4H3. The number of alkyl halides is 1. The van der Waals surface area contributed by atoms with Gasteiger partial charge in [0.05, 0.1) is 25.7 Å². The van der Waals surface area contributed by atoms with Crippen LogP contribution in [0.15, 0.2) is 51.8 Å². The second-order valence-electron chi connectivity index (χ2n) is 8.53. The summed E-state index contributed by atoms with van der Waals surface area (Å²) in [7, 11) is -0.804. The van der Waals surface area contributed by atoms with Crippen molar-refractivity contribution in [2.24, 2.45) is 0 Å². The zero-order valence-corrected chi connectivity index (χ0v) is 24.2. The quantitative estimate of drug-likeness (QED) is 0.156. The Morgan fingerprint density at radius 3 is 2.44 bits per heavy atom. The summed E-state index contributed by atoms with van der Waals surface area (Å²) in [6.45, 7) is 5.47. The molecule has 0 saturated heterocycles. The first kappa shape index (κ1) is 30.3. The summed E-state index contributed by atoms with van der Waals surface area (Å²) in [5.41, 5.74) is 1.17. The van der Waals surface area contributed by atoms with Crippen LogP contribution in [0.3, 0.4) is 0 Å². The van der Waals surface area contributed by atoms with Crippen LogP contribution in [0.2, 0.25) is 0 Å². The highest BCUT2D eigenvalue weighted by Crippen LogP contribution is 2.34. The van der Waals surface area contributed by atoms with E-state index in [1.165, 1.54) is 18.2 Å². The van der Waals surface area contributed by atoms with Gasteiger partial charge in [-0.05, 0) is 68.7 Å². The Labute approximate surface area is 234 Å². The van der Waals surface area contributed by atoms with Crippen molar-refractivity contribution in [1.82, 2.24) is 9.62 Å². The predicted molar refractivity (Wildman–Crippen MR) is 152 cm³/mol. The van der Waals surface area contributed by atoms with E-state index in [1.807, 2.05) is 26.0 Å². The second-order valence-corrected chi connectivity index (χ2v) is 10.6. The van der Waals surface area contributed by atoms with Crippen molar-refractivity contribution in [3.05, 3.63) is 53.8 Å². The van der Waals surface area contributed by atoms with Gasteiger partial charge in [-0.25, -0.2) is 13.1 Å². The summed E-state index contributed by atoms with van der Waals surface area (Å²) in [4.78, 5) is 14.1. The highest BCUT2D eigenvalue weighted by atomic mass is 35.5. The van der Waals surface area contributed by atoms with E-state index in [2.05, 4.69) is 4.72 Å². The molecule has 9 nitrogen and oxygen atoms in total. The van der Waals surface area contributed by atoms with Crippen LogP contribution in [0, 0.1) is 0 Å². The summed E-state index contributed by atoms with van der Waals surface area (Å²) in [6.07, 6.45) is 4.00. The number of methoxy groups -OCH3 is 2. The molecule has 2 aromatic carbocycles. The van der Waals surface area contributed by atoms with Gasteiger partial charge in [0.15, 0.2) is 22.8 Å². The number of nitrogens with zero attached hydrogens (tertiary/aromatic N) is 1. The third-order valence-corrected chi connectivity index (χ3v) is 7.86. The van der Waals surface area contributed by atoms with E-state index < -0.39 is 10.0 Å². The van der Waals surface area contributed by atoms with Crippen LogP contribution in [-0.2, 0) is 21.2 Å². The zero-order chi connectivity index (χ0) is 28.4. The van der Waals surface area contributed by atoms with E-state index in [0.29, 0.717) is 66.8 Å². The van der Waals surface area contributed by atoms with Crippen LogP contribution in [0.5, 0.6) is 17.2 Å². The third kappa shape index (κ3) is 7.68. The lowest BCUT2D eigenvalue weighted by Crippen LogP contribution is -2.28. The molecule has 3 aromatic rings. The molecular weight excluding hydrogens is 544 g/mol. The van der Waals surface area contributed by atoms with E-state index in [-0.39, 0.29) is 22.9 Å². The molecule has 39 heavy (non-hydrogen) atoms. The van der Waals surface area contributed by atoms with Crippen LogP contribution >= 0.6 is 11.6 Å². The molecule has 0 radical (unpaired) electrons. The number of hydrogen-bond acceptors (Lipinski definition) is 7. The lowest BCUT2D eigenvalue weighted by Gasteiger charge is -2.15. The number of amides is 1. The Balaban J connectivity index is 1.87. The summed E-state index contributed by atoms with van der Waals surface area (Å²) in [5.74, 6) is 2.17. The predicted octanol–water partition coefficient (Wildman–Crippen LogP) is 4.86. The van der Waals surface area contributed by atoms with Crippen molar-refractivity contribution in [2.75, 3.05) is 46.3 Å². The summed E-state index contributed by atoms with van der Waals surface area (Å²) in [5, 5.41) is 0.354. The number of furan rings is 1. The van der Waals surface area contributed by atoms with Gasteiger partial charge in [-0.15, -0.1) is 11.6 Å². The fourth-order valence-corrected chi connectivity index (χ4v) is 5.32. The molecule has 1 heterocycles. The van der Waals surface area contributed by atoms with Gasteiger partial charge < -0.3 is 23.5 Å². The van der Waals surface area contributed by atoms with Gasteiger partial charge in [0.1, 0.15) is 5.76 Å². The first-order valence-corrected chi connectivity index (χ1v) is 14.7. The lowest BCUT2D eigenvalue weighted by molar-refractivity contribution is -0.125. The molecule has 0 bridgehead atoms. The zero-order valence-electron chi connectivity index (χ0n) is 22.7. The summed E-state index contributed by atoms with van der Waals surface area (Å²) < 4.78 is 51.7. The average molecular weight is 579 g/mol. The highest BCUT2D eigenvalue weighted by Gasteiger charge is 2.22. The summed E-state index contributed by atoms with van der Waals surface area (Å²) >= 11 is 5.77. The summed E-state index contributed by atoms with van der Waals surface area (Å²) in [6, 6.07) is 10.1. The molecule has 0 atom stereocenters. The maximum atomic E-state index is 13.3. The maximum Gasteiger partial charge on any atom is 0.246 e. The van der Waals surface area contributed by atoms with Gasteiger partial charge >= 0.3 is 0 Å². The average Bonchev–Trinajstić information content (AvgIpc) is 3.37. The fraction of sp³-hybridized carbons (Fsp3) is 0.393. The van der Waals surface area contributed by atoms with E-state index in [1.54, 1.807) is 37.3 Å². The molecule has 0 unspecified atom stereocenters. The molecule has 1 aromatic heterocycles. The van der Waals surface area contributed by atoms with E-state index >= 15 is 0 Å². The van der Waals surface area contributed by atoms with E-state index in [4.69, 9.17) is 30.2 Å². The monoisotopic (exact) mass is 578 g/mol. The molecule has 0 fully saturated rings. The van der Waals surface area contributed by atoms with Gasteiger partial charge in [0.2, 0.25) is 15.9 Å². The van der Waals surface area contributed by atoms with Crippen LogP contribution in [-0.4, -0.2) is 65.6 Å². The van der Waals surface area contributed by atoms with Crippen molar-refractivity contribution < 1.29 is 31.8 Å². The van der Waals surface area contributed by atoms with Crippen molar-refractivity contribution in [3.8, 4) is 17.2 Å². The van der Waals surface area contributed by atoms with Gasteiger partial charge in [-0.3, -0.25) is 4.79 Å². The van der Waals surface area contributed by atoms with E-state index in [9.17, 15) is 13.2 Å². The van der Waals surface area contributed by atoms with Crippen molar-refractivity contribution in [3.63, 3.8) is 0 Å². The number of nitrogens with one attached hydrogen (secondary N) is 1. The Morgan fingerprint density at radius 1 is 1.05 bits per heavy atom. The van der Waals surface area contributed by atoms with Gasteiger partial charge in [-0.1, -0.05) is 6.07 Å². The molecule has 1 N–H and O–H groups in total. The molecule has 212 valence electrons. The largest absolute Gasteiger partial charge is 0.493 e. The third-order valence-electron chi connectivity index (χ3n) is 6.07. The first-order chi connectivity index (χ1) is 18.8. The Hall–Kier alpha value is -3.21. The van der Waals surface area contributed by atoms with E-state index in [0.717, 1.165) is 5.56 Å². The lowest BCUT2D eigenvalue weighted by atomic mass is 10.1. The van der Waals surface area contributed by atoms with Crippen molar-refractivity contribution >= 4 is 44.6 Å². The van der Waals surface area contributed by atoms with Gasteiger partial charge in [0.25, 0.3) is 0 Å². The molecule has 11 heteroatoms. The van der Waals surface area contributed by atoms with Crippen molar-refractivity contribution in [1.29, 1.82) is 0 Å². The number of fused-ring (bicyclic) bond motifs is 1. The smallest absolute Gasteiger partial charge is 0.246 e. The number of benzene rings is 2. The normalized spacial score (nSPS) is 11.7. The Kier molecular flexibility index (Phi) is 11.1. The number of hydrogen-bond donors (Lipinski definition) is 1. The molecule has 0 spiro atoms. The number of likely N-dealkylation sites (N-methyl/N-ethyl adjacent to an activating group) is 1. The number of carbonyl (C=O) groups excluding carboxylic acids is 1. The number of sulfonamides is 1. The van der Waals surface area contributed by atoms with Crippen LogP contribution in [0.25, 0.3) is 17.0 Å². The molecule has 0 aliphatic carbocycles. The molecule has 0 aliphatic rings. The minimum Gasteiger partial charge on any atom is -0.493 e. The highest BCUT2D eigenvalue weighted by molar-refractivity contribution is 7.89. The second kappa shape index (κ2) is 14.3. The van der Waals surface area contributed by atoms with Gasteiger partial charge in [0, 0.05) is 37.0 Å². The first-order valence-electron chi connectivity index (χ1n) is 12.7. The fourth-order valence-electron chi connectivity index (χ4n) is 4.00. The Morgan fingerprint density at radius 2 is 1.77 bits per heavy atom. The minimum atomic E-state index is -3.91. The maximum absolute atomic E-state index is 13.3. The molecule has 3 rings (SSSR count). The molecule has 1 amide bonds. The Bertz CT molecular complexity index is 1400. The topological polar surface area (TPSA) is 107 Å². The number of ether oxygens (including phenoxy) is 3. The molecule has 0 aliphatic heterocycles. The number of carbonyl (C=O) groups is 1. The van der Waals surface area contributed by atoms with Crippen LogP contribution < -0.4 is 18.9 Å². The molecule has 0 saturated carbocycles. The van der Waals surface area contributed by atoms with Crippen molar-refractivity contribution in [2.45, 2.75) is 31.6 Å². The minimum absolute atomic E-state index is 0.0491. The molecular formula is C28H35ClN2O7S.